The van der Waals surface area contributed by atoms with Crippen molar-refractivity contribution in [3.63, 3.8) is 0 Å². The minimum Gasteiger partial charge on any atom is -0.456 e. The Morgan fingerprint density at radius 2 is 2.00 bits per heavy atom. The third-order valence-electron chi connectivity index (χ3n) is 3.68. The number of carbonyl (C=O) groups is 4. The number of anilines is 1. The third kappa shape index (κ3) is 6.93. The third-order valence-corrected chi connectivity index (χ3v) is 4.96. The minimum absolute atomic E-state index is 0.168. The summed E-state index contributed by atoms with van der Waals surface area (Å²) >= 11 is 1.27. The van der Waals surface area contributed by atoms with Crippen LogP contribution in [0.15, 0.2) is 29.2 Å². The number of amides is 4. The van der Waals surface area contributed by atoms with Crippen molar-refractivity contribution in [3.05, 3.63) is 24.3 Å². The number of hydrogen-bond acceptors (Lipinski definition) is 6. The van der Waals surface area contributed by atoms with E-state index in [4.69, 9.17) is 4.74 Å². The molecule has 27 heavy (non-hydrogen) atoms. The zero-order chi connectivity index (χ0) is 19.8. The van der Waals surface area contributed by atoms with E-state index in [-0.39, 0.29) is 12.3 Å². The van der Waals surface area contributed by atoms with E-state index in [2.05, 4.69) is 16.0 Å². The highest BCUT2D eigenvalue weighted by atomic mass is 32.2. The van der Waals surface area contributed by atoms with Gasteiger partial charge in [0.2, 0.25) is 5.91 Å². The van der Waals surface area contributed by atoms with Gasteiger partial charge in [-0.3, -0.25) is 19.7 Å². The molecule has 1 heterocycles. The molecule has 146 valence electrons. The summed E-state index contributed by atoms with van der Waals surface area (Å²) in [6, 6.07) is 6.66. The van der Waals surface area contributed by atoms with Gasteiger partial charge in [0.1, 0.15) is 0 Å². The maximum atomic E-state index is 12.1. The molecule has 0 aliphatic carbocycles. The highest BCUT2D eigenvalue weighted by molar-refractivity contribution is 8.01. The molecular weight excluding hydrogens is 370 g/mol. The fraction of sp³-hybridized carbons (Fsp3) is 0.444. The van der Waals surface area contributed by atoms with Gasteiger partial charge in [-0.25, -0.2) is 4.79 Å². The Labute approximate surface area is 161 Å². The normalized spacial score (nSPS) is 15.5. The van der Waals surface area contributed by atoms with Gasteiger partial charge in [-0.05, 0) is 24.5 Å². The van der Waals surface area contributed by atoms with Crippen LogP contribution in [0.3, 0.4) is 0 Å². The molecule has 0 radical (unpaired) electrons. The summed E-state index contributed by atoms with van der Waals surface area (Å²) in [6.45, 7) is 3.92. The van der Waals surface area contributed by atoms with Crippen LogP contribution in [-0.2, 0) is 19.1 Å². The molecule has 1 aliphatic rings. The van der Waals surface area contributed by atoms with Crippen LogP contribution in [0.2, 0.25) is 0 Å². The van der Waals surface area contributed by atoms with Crippen molar-refractivity contribution in [1.82, 2.24) is 10.6 Å². The predicted molar refractivity (Wildman–Crippen MR) is 101 cm³/mol. The van der Waals surface area contributed by atoms with Gasteiger partial charge < -0.3 is 15.4 Å². The standard InChI is InChI=1S/C18H23N3O5S/c1-11(2)7-8-19-18(25)21-15(22)10-26-16(23)9-14-17(24)20-12-5-3-4-6-13(12)27-14/h3-6,11,14H,7-10H2,1-2H3,(H,20,24)(H2,19,21,22,25)/t14-/m0/s1. The molecule has 3 N–H and O–H groups in total. The first-order valence-corrected chi connectivity index (χ1v) is 9.53. The number of rotatable bonds is 7. The van der Waals surface area contributed by atoms with Gasteiger partial charge in [0.05, 0.1) is 17.4 Å². The van der Waals surface area contributed by atoms with E-state index < -0.39 is 29.8 Å². The van der Waals surface area contributed by atoms with Gasteiger partial charge in [-0.2, -0.15) is 0 Å². The Bertz CT molecular complexity index is 723. The number of thioether (sulfide) groups is 1. The van der Waals surface area contributed by atoms with Gasteiger partial charge in [0, 0.05) is 11.4 Å². The van der Waals surface area contributed by atoms with E-state index in [9.17, 15) is 19.2 Å². The molecule has 0 spiro atoms. The average Bonchev–Trinajstić information content (AvgIpc) is 2.60. The molecule has 8 nitrogen and oxygen atoms in total. The highest BCUT2D eigenvalue weighted by Crippen LogP contribution is 2.36. The molecule has 1 atom stereocenters. The molecule has 0 fully saturated rings. The van der Waals surface area contributed by atoms with Crippen LogP contribution in [-0.4, -0.2) is 42.2 Å². The SMILES string of the molecule is CC(C)CCNC(=O)NC(=O)COC(=O)C[C@@H]1Sc2ccccc2NC1=O. The Morgan fingerprint density at radius 3 is 2.74 bits per heavy atom. The largest absolute Gasteiger partial charge is 0.456 e. The van der Waals surface area contributed by atoms with Crippen molar-refractivity contribution < 1.29 is 23.9 Å². The number of ether oxygens (including phenoxy) is 1. The Hall–Kier alpha value is -2.55. The summed E-state index contributed by atoms with van der Waals surface area (Å²) in [7, 11) is 0. The molecular formula is C18H23N3O5S. The number of benzene rings is 1. The average molecular weight is 393 g/mol. The lowest BCUT2D eigenvalue weighted by molar-refractivity contribution is -0.148. The zero-order valence-electron chi connectivity index (χ0n) is 15.2. The van der Waals surface area contributed by atoms with Crippen LogP contribution in [0.4, 0.5) is 10.5 Å². The molecule has 9 heteroatoms. The smallest absolute Gasteiger partial charge is 0.321 e. The number of carbonyl (C=O) groups excluding carboxylic acids is 4. The van der Waals surface area contributed by atoms with Crippen LogP contribution < -0.4 is 16.0 Å². The summed E-state index contributed by atoms with van der Waals surface area (Å²) in [4.78, 5) is 48.0. The second-order valence-electron chi connectivity index (χ2n) is 6.44. The van der Waals surface area contributed by atoms with Gasteiger partial charge in [0.15, 0.2) is 6.61 Å². The number of imide groups is 1. The summed E-state index contributed by atoms with van der Waals surface area (Å²) < 4.78 is 4.86. The number of urea groups is 1. The van der Waals surface area contributed by atoms with E-state index in [1.807, 2.05) is 32.0 Å². The summed E-state index contributed by atoms with van der Waals surface area (Å²) in [5, 5.41) is 6.73. The van der Waals surface area contributed by atoms with Gasteiger partial charge in [-0.1, -0.05) is 26.0 Å². The fourth-order valence-corrected chi connectivity index (χ4v) is 3.36. The van der Waals surface area contributed by atoms with E-state index in [1.165, 1.54) is 11.8 Å². The van der Waals surface area contributed by atoms with Crippen molar-refractivity contribution in [1.29, 1.82) is 0 Å². The molecule has 1 aromatic carbocycles. The van der Waals surface area contributed by atoms with Crippen molar-refractivity contribution in [3.8, 4) is 0 Å². The minimum atomic E-state index is -0.725. The number of fused-ring (bicyclic) bond motifs is 1. The van der Waals surface area contributed by atoms with Crippen LogP contribution in [0.5, 0.6) is 0 Å². The van der Waals surface area contributed by atoms with Gasteiger partial charge in [-0.15, -0.1) is 11.8 Å². The Balaban J connectivity index is 1.71. The van der Waals surface area contributed by atoms with E-state index in [0.717, 1.165) is 11.3 Å². The lowest BCUT2D eigenvalue weighted by atomic mass is 10.1. The number of nitrogens with one attached hydrogen (secondary N) is 3. The quantitative estimate of drug-likeness (QED) is 0.610. The molecule has 4 amide bonds. The van der Waals surface area contributed by atoms with Crippen molar-refractivity contribution in [2.75, 3.05) is 18.5 Å². The first-order chi connectivity index (χ1) is 12.8. The number of esters is 1. The molecule has 0 saturated carbocycles. The van der Waals surface area contributed by atoms with E-state index >= 15 is 0 Å². The van der Waals surface area contributed by atoms with Crippen LogP contribution in [0.1, 0.15) is 26.7 Å². The monoisotopic (exact) mass is 393 g/mol. The van der Waals surface area contributed by atoms with Gasteiger partial charge >= 0.3 is 12.0 Å². The fourth-order valence-electron chi connectivity index (χ4n) is 2.26. The lowest BCUT2D eigenvalue weighted by Gasteiger charge is -2.23. The van der Waals surface area contributed by atoms with Crippen molar-refractivity contribution in [2.45, 2.75) is 36.8 Å². The maximum absolute atomic E-state index is 12.1. The Morgan fingerprint density at radius 1 is 1.26 bits per heavy atom. The summed E-state index contributed by atoms with van der Waals surface area (Å²) in [6.07, 6.45) is 0.625. The number of para-hydroxylation sites is 1. The molecule has 0 saturated heterocycles. The van der Waals surface area contributed by atoms with E-state index in [0.29, 0.717) is 18.2 Å². The Kier molecular flexibility index (Phi) is 7.66. The summed E-state index contributed by atoms with van der Waals surface area (Å²) in [5.41, 5.74) is 0.708. The van der Waals surface area contributed by atoms with Crippen molar-refractivity contribution in [2.24, 2.45) is 5.92 Å². The topological polar surface area (TPSA) is 114 Å². The zero-order valence-corrected chi connectivity index (χ0v) is 16.1. The molecule has 0 aromatic heterocycles. The first-order valence-electron chi connectivity index (χ1n) is 8.65. The first kappa shape index (κ1) is 20.8. The molecule has 1 aromatic rings. The molecule has 2 rings (SSSR count). The molecule has 1 aliphatic heterocycles. The molecule has 0 unspecified atom stereocenters. The van der Waals surface area contributed by atoms with Crippen LogP contribution >= 0.6 is 11.8 Å². The van der Waals surface area contributed by atoms with Gasteiger partial charge in [0.25, 0.3) is 5.91 Å². The second kappa shape index (κ2) is 9.96. The summed E-state index contributed by atoms with van der Waals surface area (Å²) in [5.74, 6) is -1.26. The number of hydrogen-bond donors (Lipinski definition) is 3. The molecule has 0 bridgehead atoms. The highest BCUT2D eigenvalue weighted by Gasteiger charge is 2.29. The lowest BCUT2D eigenvalue weighted by Crippen LogP contribution is -2.42. The van der Waals surface area contributed by atoms with E-state index in [1.54, 1.807) is 6.07 Å². The predicted octanol–water partition coefficient (Wildman–Crippen LogP) is 1.90. The van der Waals surface area contributed by atoms with Crippen molar-refractivity contribution >= 4 is 41.3 Å². The van der Waals surface area contributed by atoms with Crippen LogP contribution in [0, 0.1) is 5.92 Å². The maximum Gasteiger partial charge on any atom is 0.321 e. The van der Waals surface area contributed by atoms with Crippen LogP contribution in [0.25, 0.3) is 0 Å². The second-order valence-corrected chi connectivity index (χ2v) is 7.69.